The number of benzene rings is 1. The maximum Gasteiger partial charge on any atom is 0.271 e. The number of hydrogen-bond acceptors (Lipinski definition) is 4. The van der Waals surface area contributed by atoms with Gasteiger partial charge in [0.2, 0.25) is 10.0 Å². The van der Waals surface area contributed by atoms with E-state index in [-0.39, 0.29) is 17.4 Å². The van der Waals surface area contributed by atoms with Gasteiger partial charge in [0.05, 0.1) is 11.9 Å². The molecule has 1 aromatic heterocycles. The molecule has 1 N–H and O–H groups in total. The second-order valence-electron chi connectivity index (χ2n) is 5.32. The summed E-state index contributed by atoms with van der Waals surface area (Å²) in [4.78, 5) is 12.0. The van der Waals surface area contributed by atoms with Crippen molar-refractivity contribution >= 4 is 15.9 Å². The molecule has 0 aliphatic rings. The topological polar surface area (TPSA) is 84.3 Å². The van der Waals surface area contributed by atoms with E-state index in [4.69, 9.17) is 0 Å². The zero-order valence-electron chi connectivity index (χ0n) is 13.4. The molecule has 0 saturated carbocycles. The first-order valence-electron chi connectivity index (χ1n) is 7.28. The quantitative estimate of drug-likeness (QED) is 0.753. The van der Waals surface area contributed by atoms with Crippen LogP contribution in [0.25, 0.3) is 5.69 Å². The maximum atomic E-state index is 12.9. The van der Waals surface area contributed by atoms with E-state index in [2.05, 4.69) is 10.4 Å². The fraction of sp³-hybridized carbons (Fsp3) is 0.333. The highest BCUT2D eigenvalue weighted by Crippen LogP contribution is 2.09. The molecule has 0 radical (unpaired) electrons. The molecule has 0 aliphatic carbocycles. The summed E-state index contributed by atoms with van der Waals surface area (Å²) in [6.07, 6.45) is 3.24. The van der Waals surface area contributed by atoms with E-state index in [1.165, 1.54) is 28.2 Å². The van der Waals surface area contributed by atoms with Crippen molar-refractivity contribution in [2.24, 2.45) is 0 Å². The van der Waals surface area contributed by atoms with Crippen LogP contribution >= 0.6 is 0 Å². The van der Waals surface area contributed by atoms with Crippen LogP contribution < -0.4 is 5.32 Å². The number of rotatable bonds is 7. The van der Waals surface area contributed by atoms with Gasteiger partial charge >= 0.3 is 0 Å². The third-order valence-electron chi connectivity index (χ3n) is 3.41. The number of nitrogens with zero attached hydrogens (tertiary/aromatic N) is 3. The predicted molar refractivity (Wildman–Crippen MR) is 87.9 cm³/mol. The van der Waals surface area contributed by atoms with Crippen molar-refractivity contribution in [1.82, 2.24) is 19.4 Å². The third kappa shape index (κ3) is 4.87. The Morgan fingerprint density at radius 3 is 2.58 bits per heavy atom. The average molecular weight is 354 g/mol. The predicted octanol–water partition coefficient (Wildman–Crippen LogP) is 1.02. The standard InChI is InChI=1S/C15H19FN4O3S/c1-19(24(2,22)23)10-3-9-17-15(21)14-8-11-20(18-14)13-6-4-12(16)5-7-13/h4-8,11H,3,9-10H2,1-2H3,(H,17,21). The Morgan fingerprint density at radius 1 is 1.29 bits per heavy atom. The van der Waals surface area contributed by atoms with Crippen molar-refractivity contribution in [2.75, 3.05) is 26.4 Å². The van der Waals surface area contributed by atoms with Crippen molar-refractivity contribution in [3.8, 4) is 5.69 Å². The summed E-state index contributed by atoms with van der Waals surface area (Å²) in [5.74, 6) is -0.694. The molecule has 24 heavy (non-hydrogen) atoms. The van der Waals surface area contributed by atoms with Crippen LogP contribution in [0.2, 0.25) is 0 Å². The molecular formula is C15H19FN4O3S. The number of carbonyl (C=O) groups is 1. The van der Waals surface area contributed by atoms with Crippen molar-refractivity contribution in [3.63, 3.8) is 0 Å². The minimum absolute atomic E-state index is 0.232. The summed E-state index contributed by atoms with van der Waals surface area (Å²) in [6, 6.07) is 7.31. The smallest absolute Gasteiger partial charge is 0.271 e. The molecule has 0 bridgehead atoms. The molecule has 1 heterocycles. The second-order valence-corrected chi connectivity index (χ2v) is 7.41. The van der Waals surface area contributed by atoms with E-state index < -0.39 is 10.0 Å². The molecular weight excluding hydrogens is 335 g/mol. The Kier molecular flexibility index (Phi) is 5.68. The monoisotopic (exact) mass is 354 g/mol. The Morgan fingerprint density at radius 2 is 1.96 bits per heavy atom. The number of hydrogen-bond donors (Lipinski definition) is 1. The van der Waals surface area contributed by atoms with Crippen LogP contribution in [0.4, 0.5) is 4.39 Å². The van der Waals surface area contributed by atoms with Gasteiger partial charge in [0.1, 0.15) is 5.82 Å². The number of sulfonamides is 1. The van der Waals surface area contributed by atoms with Crippen LogP contribution in [0.1, 0.15) is 16.9 Å². The Balaban J connectivity index is 1.86. The molecule has 7 nitrogen and oxygen atoms in total. The Bertz CT molecular complexity index is 802. The fourth-order valence-corrected chi connectivity index (χ4v) is 2.40. The van der Waals surface area contributed by atoms with Gasteiger partial charge in [0.25, 0.3) is 5.91 Å². The van der Waals surface area contributed by atoms with Crippen LogP contribution in [0.3, 0.4) is 0 Å². The van der Waals surface area contributed by atoms with Gasteiger partial charge in [0, 0.05) is 26.3 Å². The Labute approximate surface area is 140 Å². The zero-order valence-corrected chi connectivity index (χ0v) is 14.3. The third-order valence-corrected chi connectivity index (χ3v) is 4.73. The number of carbonyl (C=O) groups excluding carboxylic acids is 1. The molecule has 130 valence electrons. The van der Waals surface area contributed by atoms with Gasteiger partial charge in [-0.25, -0.2) is 21.8 Å². The lowest BCUT2D eigenvalue weighted by atomic mass is 10.3. The number of amides is 1. The van der Waals surface area contributed by atoms with Gasteiger partial charge in [0.15, 0.2) is 5.69 Å². The van der Waals surface area contributed by atoms with E-state index in [0.29, 0.717) is 25.2 Å². The molecule has 2 aromatic rings. The highest BCUT2D eigenvalue weighted by atomic mass is 32.2. The highest BCUT2D eigenvalue weighted by molar-refractivity contribution is 7.88. The van der Waals surface area contributed by atoms with Crippen LogP contribution in [0.15, 0.2) is 36.5 Å². The number of nitrogens with one attached hydrogen (secondary N) is 1. The summed E-state index contributed by atoms with van der Waals surface area (Å²) < 4.78 is 38.1. The van der Waals surface area contributed by atoms with Gasteiger partial charge in [-0.2, -0.15) is 5.10 Å². The van der Waals surface area contributed by atoms with Crippen LogP contribution in [0.5, 0.6) is 0 Å². The molecule has 0 unspecified atom stereocenters. The molecule has 2 rings (SSSR count). The first-order chi connectivity index (χ1) is 11.3. The fourth-order valence-electron chi connectivity index (χ4n) is 1.94. The summed E-state index contributed by atoms with van der Waals surface area (Å²) in [5, 5.41) is 6.82. The summed E-state index contributed by atoms with van der Waals surface area (Å²) in [5.41, 5.74) is 0.876. The van der Waals surface area contributed by atoms with Gasteiger partial charge in [-0.3, -0.25) is 4.79 Å². The normalized spacial score (nSPS) is 11.7. The average Bonchev–Trinajstić information content (AvgIpc) is 3.01. The Hall–Kier alpha value is -2.26. The van der Waals surface area contributed by atoms with Crippen molar-refractivity contribution in [3.05, 3.63) is 48.0 Å². The lowest BCUT2D eigenvalue weighted by molar-refractivity contribution is 0.0947. The van der Waals surface area contributed by atoms with Crippen molar-refractivity contribution < 1.29 is 17.6 Å². The first kappa shape index (κ1) is 18.1. The molecule has 9 heteroatoms. The molecule has 1 amide bonds. The largest absolute Gasteiger partial charge is 0.351 e. The molecule has 0 atom stereocenters. The van der Waals surface area contributed by atoms with Crippen molar-refractivity contribution in [1.29, 1.82) is 0 Å². The van der Waals surface area contributed by atoms with Crippen LogP contribution in [-0.4, -0.2) is 54.8 Å². The number of halogens is 1. The van der Waals surface area contributed by atoms with Gasteiger partial charge < -0.3 is 5.32 Å². The van der Waals surface area contributed by atoms with Gasteiger partial charge in [-0.05, 0) is 36.8 Å². The maximum absolute atomic E-state index is 12.9. The van der Waals surface area contributed by atoms with Crippen molar-refractivity contribution in [2.45, 2.75) is 6.42 Å². The molecule has 0 aliphatic heterocycles. The second kappa shape index (κ2) is 7.54. The van der Waals surface area contributed by atoms with Gasteiger partial charge in [-0.1, -0.05) is 0 Å². The van der Waals surface area contributed by atoms with Crippen LogP contribution in [0, 0.1) is 5.82 Å². The van der Waals surface area contributed by atoms with E-state index >= 15 is 0 Å². The summed E-state index contributed by atoms with van der Waals surface area (Å²) in [6.45, 7) is 0.658. The van der Waals surface area contributed by atoms with E-state index in [1.807, 2.05) is 0 Å². The van der Waals surface area contributed by atoms with E-state index in [1.54, 1.807) is 24.4 Å². The zero-order chi connectivity index (χ0) is 17.7. The van der Waals surface area contributed by atoms with Crippen LogP contribution in [-0.2, 0) is 10.0 Å². The van der Waals surface area contributed by atoms with Gasteiger partial charge in [-0.15, -0.1) is 0 Å². The summed E-state index contributed by atoms with van der Waals surface area (Å²) >= 11 is 0. The summed E-state index contributed by atoms with van der Waals surface area (Å²) in [7, 11) is -1.72. The molecule has 0 fully saturated rings. The SMILES string of the molecule is CN(CCCNC(=O)c1ccn(-c2ccc(F)cc2)n1)S(C)(=O)=O. The minimum Gasteiger partial charge on any atom is -0.351 e. The first-order valence-corrected chi connectivity index (χ1v) is 9.13. The minimum atomic E-state index is -3.21. The number of aromatic nitrogens is 2. The molecule has 0 spiro atoms. The highest BCUT2D eigenvalue weighted by Gasteiger charge is 2.12. The lowest BCUT2D eigenvalue weighted by Crippen LogP contribution is -2.31. The van der Waals surface area contributed by atoms with E-state index in [9.17, 15) is 17.6 Å². The lowest BCUT2D eigenvalue weighted by Gasteiger charge is -2.13. The van der Waals surface area contributed by atoms with E-state index in [0.717, 1.165) is 6.26 Å². The molecule has 0 saturated heterocycles. The molecule has 1 aromatic carbocycles.